The molecule has 0 saturated heterocycles. The van der Waals surface area contributed by atoms with E-state index in [-0.39, 0.29) is 11.6 Å². The first-order valence-electron chi connectivity index (χ1n) is 3.93. The molecule has 1 aromatic carbocycles. The van der Waals surface area contributed by atoms with Crippen LogP contribution in [-0.2, 0) is 11.8 Å². The summed E-state index contributed by atoms with van der Waals surface area (Å²) in [5.41, 5.74) is 0.335. The average Bonchev–Trinajstić information content (AvgIpc) is 2.46. The number of benzene rings is 1. The molecule has 2 aromatic rings. The van der Waals surface area contributed by atoms with E-state index in [2.05, 4.69) is 10.1 Å². The van der Waals surface area contributed by atoms with Crippen LogP contribution in [0, 0.1) is 5.82 Å². The van der Waals surface area contributed by atoms with Gasteiger partial charge in [0.25, 0.3) is 0 Å². The predicted octanol–water partition coefficient (Wildman–Crippen LogP) is 1.68. The molecule has 0 saturated carbocycles. The van der Waals surface area contributed by atoms with Crippen LogP contribution in [0.3, 0.4) is 0 Å². The lowest BCUT2D eigenvalue weighted by Crippen LogP contribution is -1.91. The fraction of sp³-hybridized carbons (Fsp3) is 0.111. The Labute approximate surface area is 78.7 Å². The van der Waals surface area contributed by atoms with Crippen LogP contribution in [0.25, 0.3) is 10.9 Å². The van der Waals surface area contributed by atoms with Gasteiger partial charge in [0.1, 0.15) is 11.3 Å². The maximum Gasteiger partial charge on any atom is 0.242 e. The standard InChI is InChI=1S/C9H6FN3O/c1-13-8-6(3-2-4-7(8)10)9(12-13)11-5-14/h2-4H,1H3. The minimum atomic E-state index is -0.384. The number of rotatable bonds is 1. The van der Waals surface area contributed by atoms with Gasteiger partial charge >= 0.3 is 0 Å². The van der Waals surface area contributed by atoms with Gasteiger partial charge in [-0.3, -0.25) is 4.68 Å². The molecule has 0 fully saturated rings. The number of hydrogen-bond donors (Lipinski definition) is 0. The molecule has 70 valence electrons. The number of nitrogens with zero attached hydrogens (tertiary/aromatic N) is 3. The molecule has 0 aliphatic carbocycles. The first-order valence-corrected chi connectivity index (χ1v) is 3.93. The van der Waals surface area contributed by atoms with Gasteiger partial charge in [-0.15, -0.1) is 4.99 Å². The Balaban J connectivity index is 2.90. The second-order valence-electron chi connectivity index (χ2n) is 2.79. The highest BCUT2D eigenvalue weighted by Gasteiger charge is 2.10. The third kappa shape index (κ3) is 1.11. The fourth-order valence-electron chi connectivity index (χ4n) is 1.40. The Kier molecular flexibility index (Phi) is 1.87. The number of aliphatic imine (C=N–C) groups is 1. The molecule has 0 aliphatic rings. The van der Waals surface area contributed by atoms with Gasteiger partial charge in [0.2, 0.25) is 6.08 Å². The molecule has 2 rings (SSSR count). The number of para-hydroxylation sites is 1. The number of fused-ring (bicyclic) bond motifs is 1. The van der Waals surface area contributed by atoms with Crippen LogP contribution in [0.5, 0.6) is 0 Å². The predicted molar refractivity (Wildman–Crippen MR) is 48.5 cm³/mol. The van der Waals surface area contributed by atoms with E-state index in [1.165, 1.54) is 16.8 Å². The largest absolute Gasteiger partial charge is 0.263 e. The summed E-state index contributed by atoms with van der Waals surface area (Å²) in [4.78, 5) is 13.5. The smallest absolute Gasteiger partial charge is 0.242 e. The molecule has 5 heteroatoms. The highest BCUT2D eigenvalue weighted by Crippen LogP contribution is 2.25. The van der Waals surface area contributed by atoms with Crippen molar-refractivity contribution >= 4 is 22.8 Å². The molecular weight excluding hydrogens is 185 g/mol. The van der Waals surface area contributed by atoms with Crippen LogP contribution in [0.1, 0.15) is 0 Å². The summed E-state index contributed by atoms with van der Waals surface area (Å²) >= 11 is 0. The van der Waals surface area contributed by atoms with Crippen molar-refractivity contribution in [2.24, 2.45) is 12.0 Å². The molecule has 1 aromatic heterocycles. The van der Waals surface area contributed by atoms with Crippen LogP contribution >= 0.6 is 0 Å². The Hall–Kier alpha value is -2.00. The van der Waals surface area contributed by atoms with E-state index < -0.39 is 0 Å². The lowest BCUT2D eigenvalue weighted by atomic mass is 10.2. The Bertz CT molecular complexity index is 540. The van der Waals surface area contributed by atoms with Crippen molar-refractivity contribution in [1.29, 1.82) is 0 Å². The van der Waals surface area contributed by atoms with Crippen LogP contribution in [-0.4, -0.2) is 15.9 Å². The van der Waals surface area contributed by atoms with Gasteiger partial charge in [-0.2, -0.15) is 5.10 Å². The molecule has 0 bridgehead atoms. The lowest BCUT2D eigenvalue weighted by Gasteiger charge is -1.93. The molecule has 0 N–H and O–H groups in total. The maximum atomic E-state index is 13.3. The van der Waals surface area contributed by atoms with Gasteiger partial charge in [-0.25, -0.2) is 9.18 Å². The number of carbonyl (C=O) groups excluding carboxylic acids is 1. The molecular formula is C9H6FN3O. The van der Waals surface area contributed by atoms with Gasteiger partial charge in [0, 0.05) is 7.05 Å². The summed E-state index contributed by atoms with van der Waals surface area (Å²) in [5, 5.41) is 4.40. The van der Waals surface area contributed by atoms with Crippen molar-refractivity contribution in [3.05, 3.63) is 24.0 Å². The summed E-state index contributed by atoms with van der Waals surface area (Å²) in [6.07, 6.45) is 1.39. The minimum Gasteiger partial charge on any atom is -0.263 e. The van der Waals surface area contributed by atoms with Gasteiger partial charge < -0.3 is 0 Å². The van der Waals surface area contributed by atoms with Gasteiger partial charge in [0.15, 0.2) is 5.82 Å². The molecule has 0 spiro atoms. The van der Waals surface area contributed by atoms with Crippen LogP contribution in [0.15, 0.2) is 23.2 Å². The first kappa shape index (κ1) is 8.59. The Morgan fingerprint density at radius 2 is 2.36 bits per heavy atom. The first-order chi connectivity index (χ1) is 6.74. The van der Waals surface area contributed by atoms with Crippen molar-refractivity contribution in [3.63, 3.8) is 0 Å². The Morgan fingerprint density at radius 3 is 3.07 bits per heavy atom. The zero-order valence-corrected chi connectivity index (χ0v) is 7.36. The molecule has 0 aliphatic heterocycles. The minimum absolute atomic E-state index is 0.192. The van der Waals surface area contributed by atoms with Crippen molar-refractivity contribution in [2.75, 3.05) is 0 Å². The van der Waals surface area contributed by atoms with Gasteiger partial charge in [-0.05, 0) is 12.1 Å². The topological polar surface area (TPSA) is 47.2 Å². The SMILES string of the molecule is Cn1nc(N=C=O)c2cccc(F)c21. The summed E-state index contributed by atoms with van der Waals surface area (Å²) in [6, 6.07) is 4.53. The highest BCUT2D eigenvalue weighted by atomic mass is 19.1. The van der Waals surface area contributed by atoms with E-state index in [9.17, 15) is 9.18 Å². The van der Waals surface area contributed by atoms with Crippen molar-refractivity contribution in [3.8, 4) is 0 Å². The Morgan fingerprint density at radius 1 is 1.57 bits per heavy atom. The average molecular weight is 191 g/mol. The monoisotopic (exact) mass is 191 g/mol. The van der Waals surface area contributed by atoms with E-state index in [0.717, 1.165) is 0 Å². The van der Waals surface area contributed by atoms with E-state index >= 15 is 0 Å². The fourth-order valence-corrected chi connectivity index (χ4v) is 1.40. The molecule has 4 nitrogen and oxygen atoms in total. The normalized spacial score (nSPS) is 10.1. The number of hydrogen-bond acceptors (Lipinski definition) is 3. The zero-order chi connectivity index (χ0) is 10.1. The number of isocyanates is 1. The summed E-state index contributed by atoms with van der Waals surface area (Å²) in [6.45, 7) is 0. The van der Waals surface area contributed by atoms with Crippen molar-refractivity contribution in [1.82, 2.24) is 9.78 Å². The summed E-state index contributed by atoms with van der Waals surface area (Å²) in [5.74, 6) is -0.193. The second-order valence-corrected chi connectivity index (χ2v) is 2.79. The third-order valence-electron chi connectivity index (χ3n) is 1.95. The van der Waals surface area contributed by atoms with E-state index in [1.807, 2.05) is 0 Å². The number of aromatic nitrogens is 2. The second kappa shape index (κ2) is 3.05. The molecule has 14 heavy (non-hydrogen) atoms. The number of aryl methyl sites for hydroxylation is 1. The number of halogens is 1. The van der Waals surface area contributed by atoms with Gasteiger partial charge in [0.05, 0.1) is 5.39 Å². The van der Waals surface area contributed by atoms with Crippen molar-refractivity contribution in [2.45, 2.75) is 0 Å². The van der Waals surface area contributed by atoms with Crippen LogP contribution in [0.4, 0.5) is 10.2 Å². The van der Waals surface area contributed by atoms with Crippen molar-refractivity contribution < 1.29 is 9.18 Å². The molecule has 0 amide bonds. The lowest BCUT2D eigenvalue weighted by molar-refractivity contribution is 0.565. The summed E-state index contributed by atoms with van der Waals surface area (Å²) in [7, 11) is 1.59. The van der Waals surface area contributed by atoms with E-state index in [0.29, 0.717) is 10.9 Å². The zero-order valence-electron chi connectivity index (χ0n) is 7.36. The molecule has 1 heterocycles. The summed E-state index contributed by atoms with van der Waals surface area (Å²) < 4.78 is 14.6. The molecule has 0 unspecified atom stereocenters. The van der Waals surface area contributed by atoms with Gasteiger partial charge in [-0.1, -0.05) is 6.07 Å². The van der Waals surface area contributed by atoms with E-state index in [4.69, 9.17) is 0 Å². The molecule has 0 atom stereocenters. The quantitative estimate of drug-likeness (QED) is 0.508. The van der Waals surface area contributed by atoms with Crippen LogP contribution in [0.2, 0.25) is 0 Å². The third-order valence-corrected chi connectivity index (χ3v) is 1.95. The maximum absolute atomic E-state index is 13.3. The van der Waals surface area contributed by atoms with E-state index in [1.54, 1.807) is 19.2 Å². The highest BCUT2D eigenvalue weighted by molar-refractivity contribution is 5.89. The van der Waals surface area contributed by atoms with Crippen LogP contribution < -0.4 is 0 Å². The molecule has 0 radical (unpaired) electrons.